The third-order valence-electron chi connectivity index (χ3n) is 3.75. The van der Waals surface area contributed by atoms with Crippen molar-refractivity contribution in [1.82, 2.24) is 9.78 Å². The number of benzene rings is 2. The first-order valence-corrected chi connectivity index (χ1v) is 9.16. The van der Waals surface area contributed by atoms with Gasteiger partial charge in [0.15, 0.2) is 5.82 Å². The minimum Gasteiger partial charge on any atom is -0.435 e. The highest BCUT2D eigenvalue weighted by molar-refractivity contribution is 6.33. The lowest BCUT2D eigenvalue weighted by Gasteiger charge is -2.03. The molecule has 2 aromatic carbocycles. The van der Waals surface area contributed by atoms with Crippen LogP contribution in [0.3, 0.4) is 0 Å². The third-order valence-corrected chi connectivity index (χ3v) is 4.28. The molecule has 0 aliphatic heterocycles. The second-order valence-corrected chi connectivity index (χ2v) is 6.76. The van der Waals surface area contributed by atoms with Gasteiger partial charge in [-0.3, -0.25) is 9.48 Å². The Kier molecular flexibility index (Phi) is 6.85. The number of rotatable bonds is 7. The minimum atomic E-state index is -2.88. The van der Waals surface area contributed by atoms with Crippen LogP contribution >= 0.6 is 23.2 Å². The monoisotopic (exact) mass is 437 g/mol. The van der Waals surface area contributed by atoms with Gasteiger partial charge in [-0.25, -0.2) is 0 Å². The smallest absolute Gasteiger partial charge is 0.387 e. The Labute approximate surface area is 175 Å². The number of hydrogen-bond acceptors (Lipinski definition) is 3. The van der Waals surface area contributed by atoms with E-state index in [0.717, 1.165) is 5.56 Å². The van der Waals surface area contributed by atoms with E-state index in [2.05, 4.69) is 15.2 Å². The van der Waals surface area contributed by atoms with Gasteiger partial charge in [-0.1, -0.05) is 47.5 Å². The van der Waals surface area contributed by atoms with Crippen molar-refractivity contribution >= 4 is 41.0 Å². The first-order chi connectivity index (χ1) is 13.9. The molecule has 1 aromatic heterocycles. The first-order valence-electron chi connectivity index (χ1n) is 8.40. The number of carbonyl (C=O) groups is 1. The summed E-state index contributed by atoms with van der Waals surface area (Å²) >= 11 is 12.0. The van der Waals surface area contributed by atoms with E-state index in [1.807, 2.05) is 12.1 Å². The van der Waals surface area contributed by atoms with Gasteiger partial charge in [-0.15, -0.1) is 0 Å². The zero-order valence-electron chi connectivity index (χ0n) is 14.9. The first kappa shape index (κ1) is 20.8. The Morgan fingerprint density at radius 3 is 2.48 bits per heavy atom. The number of nitrogens with zero attached hydrogens (tertiary/aromatic N) is 2. The normalized spacial score (nSPS) is 11.2. The topological polar surface area (TPSA) is 56.1 Å². The van der Waals surface area contributed by atoms with E-state index in [9.17, 15) is 13.6 Å². The van der Waals surface area contributed by atoms with Crippen LogP contribution < -0.4 is 10.1 Å². The Balaban J connectivity index is 1.59. The van der Waals surface area contributed by atoms with Crippen molar-refractivity contribution in [2.24, 2.45) is 0 Å². The van der Waals surface area contributed by atoms with Crippen molar-refractivity contribution in [3.63, 3.8) is 0 Å². The summed E-state index contributed by atoms with van der Waals surface area (Å²) in [6, 6.07) is 13.2. The van der Waals surface area contributed by atoms with Crippen LogP contribution in [0, 0.1) is 0 Å². The fourth-order valence-electron chi connectivity index (χ4n) is 2.43. The molecule has 0 atom stereocenters. The maximum atomic E-state index is 12.1. The van der Waals surface area contributed by atoms with Crippen molar-refractivity contribution in [2.75, 3.05) is 5.32 Å². The molecule has 0 spiro atoms. The van der Waals surface area contributed by atoms with E-state index in [1.165, 1.54) is 24.3 Å². The summed E-state index contributed by atoms with van der Waals surface area (Å²) in [6.45, 7) is -2.42. The molecule has 0 fully saturated rings. The van der Waals surface area contributed by atoms with Gasteiger partial charge in [0.1, 0.15) is 10.8 Å². The molecule has 3 aromatic rings. The molecule has 0 saturated carbocycles. The lowest BCUT2D eigenvalue weighted by molar-refractivity contribution is -0.111. The molecule has 1 amide bonds. The molecule has 29 heavy (non-hydrogen) atoms. The van der Waals surface area contributed by atoms with Gasteiger partial charge < -0.3 is 10.1 Å². The SMILES string of the molecule is O=C(/C=C\c1ccc(OC(F)F)cc1)Nc1nn(Cc2ccc(Cl)cc2)cc1Cl. The van der Waals surface area contributed by atoms with Crippen molar-refractivity contribution in [3.05, 3.63) is 82.0 Å². The number of ether oxygens (including phenoxy) is 1. The van der Waals surface area contributed by atoms with Gasteiger partial charge in [0.2, 0.25) is 5.91 Å². The number of halogens is 4. The molecule has 5 nitrogen and oxygen atoms in total. The minimum absolute atomic E-state index is 0.0413. The number of amides is 1. The van der Waals surface area contributed by atoms with Crippen LogP contribution in [0.1, 0.15) is 11.1 Å². The summed E-state index contributed by atoms with van der Waals surface area (Å²) in [4.78, 5) is 12.1. The van der Waals surface area contributed by atoms with Gasteiger partial charge in [0.05, 0.1) is 6.54 Å². The summed E-state index contributed by atoms with van der Waals surface area (Å²) in [5.41, 5.74) is 1.62. The van der Waals surface area contributed by atoms with E-state index in [0.29, 0.717) is 22.2 Å². The number of carbonyl (C=O) groups excluding carboxylic acids is 1. The number of anilines is 1. The molecule has 0 unspecified atom stereocenters. The number of aromatic nitrogens is 2. The maximum Gasteiger partial charge on any atom is 0.387 e. The summed E-state index contributed by atoms with van der Waals surface area (Å²) in [7, 11) is 0. The van der Waals surface area contributed by atoms with Crippen molar-refractivity contribution in [2.45, 2.75) is 13.2 Å². The second kappa shape index (κ2) is 9.54. The lowest BCUT2D eigenvalue weighted by Crippen LogP contribution is -2.09. The van der Waals surface area contributed by atoms with Crippen LogP contribution in [0.2, 0.25) is 10.0 Å². The largest absolute Gasteiger partial charge is 0.435 e. The maximum absolute atomic E-state index is 12.1. The van der Waals surface area contributed by atoms with Gasteiger partial charge in [0, 0.05) is 17.3 Å². The highest BCUT2D eigenvalue weighted by Crippen LogP contribution is 2.21. The summed E-state index contributed by atoms with van der Waals surface area (Å²) in [5, 5.41) is 7.80. The van der Waals surface area contributed by atoms with Crippen LogP contribution in [-0.2, 0) is 11.3 Å². The summed E-state index contributed by atoms with van der Waals surface area (Å²) < 4.78 is 30.2. The van der Waals surface area contributed by atoms with E-state index in [-0.39, 0.29) is 11.6 Å². The molecular formula is C20H15Cl2F2N3O2. The van der Waals surface area contributed by atoms with Crippen molar-refractivity contribution in [1.29, 1.82) is 0 Å². The van der Waals surface area contributed by atoms with Crippen molar-refractivity contribution < 1.29 is 18.3 Å². The molecule has 0 bridgehead atoms. The molecule has 0 aliphatic rings. The van der Waals surface area contributed by atoms with Crippen LogP contribution in [0.25, 0.3) is 6.08 Å². The lowest BCUT2D eigenvalue weighted by atomic mass is 10.2. The van der Waals surface area contributed by atoms with E-state index < -0.39 is 12.5 Å². The Morgan fingerprint density at radius 1 is 1.14 bits per heavy atom. The van der Waals surface area contributed by atoms with Crippen molar-refractivity contribution in [3.8, 4) is 5.75 Å². The zero-order chi connectivity index (χ0) is 20.8. The Morgan fingerprint density at radius 2 is 1.83 bits per heavy atom. The predicted octanol–water partition coefficient (Wildman–Crippen LogP) is 5.49. The Bertz CT molecular complexity index is 1000. The fraction of sp³-hybridized carbons (Fsp3) is 0.100. The van der Waals surface area contributed by atoms with Gasteiger partial charge >= 0.3 is 6.61 Å². The predicted molar refractivity (Wildman–Crippen MR) is 109 cm³/mol. The van der Waals surface area contributed by atoms with Gasteiger partial charge in [-0.2, -0.15) is 13.9 Å². The number of nitrogens with one attached hydrogen (secondary N) is 1. The second-order valence-electron chi connectivity index (χ2n) is 5.92. The highest BCUT2D eigenvalue weighted by atomic mass is 35.5. The summed E-state index contributed by atoms with van der Waals surface area (Å²) in [5.74, 6) is -0.160. The molecule has 1 N–H and O–H groups in total. The van der Waals surface area contributed by atoms with Crippen LogP contribution in [0.5, 0.6) is 5.75 Å². The van der Waals surface area contributed by atoms with Gasteiger partial charge in [0.25, 0.3) is 0 Å². The third kappa shape index (κ3) is 6.30. The Hall–Kier alpha value is -2.90. The molecule has 9 heteroatoms. The molecule has 0 radical (unpaired) electrons. The van der Waals surface area contributed by atoms with E-state index in [1.54, 1.807) is 35.1 Å². The number of hydrogen-bond donors (Lipinski definition) is 1. The molecule has 0 saturated heterocycles. The van der Waals surface area contributed by atoms with Gasteiger partial charge in [-0.05, 0) is 41.5 Å². The van der Waals surface area contributed by atoms with Crippen LogP contribution in [0.4, 0.5) is 14.6 Å². The summed E-state index contributed by atoms with van der Waals surface area (Å²) in [6.07, 6.45) is 4.43. The molecular weight excluding hydrogens is 423 g/mol. The zero-order valence-corrected chi connectivity index (χ0v) is 16.4. The highest BCUT2D eigenvalue weighted by Gasteiger charge is 2.10. The van der Waals surface area contributed by atoms with Crippen LogP contribution in [-0.4, -0.2) is 22.3 Å². The average Bonchev–Trinajstić information content (AvgIpc) is 3.01. The van der Waals surface area contributed by atoms with E-state index in [4.69, 9.17) is 23.2 Å². The molecule has 3 rings (SSSR count). The molecule has 150 valence electrons. The quantitative estimate of drug-likeness (QED) is 0.497. The van der Waals surface area contributed by atoms with Crippen LogP contribution in [0.15, 0.2) is 60.8 Å². The average molecular weight is 438 g/mol. The number of alkyl halides is 2. The fourth-order valence-corrected chi connectivity index (χ4v) is 2.75. The standard InChI is InChI=1S/C20H15Cl2F2N3O2/c21-15-6-1-14(2-7-15)11-27-12-17(22)19(26-27)25-18(28)10-5-13-3-8-16(9-4-13)29-20(23)24/h1-10,12,20H,11H2,(H,25,26,28)/b10-5-. The molecule has 1 heterocycles. The molecule has 0 aliphatic carbocycles. The van der Waals surface area contributed by atoms with E-state index >= 15 is 0 Å².